The summed E-state index contributed by atoms with van der Waals surface area (Å²) in [6.45, 7) is 13.3. The van der Waals surface area contributed by atoms with E-state index in [1.807, 2.05) is 48.6 Å². The summed E-state index contributed by atoms with van der Waals surface area (Å²) >= 11 is 1.26. The molecule has 37 nitrogen and oxygen atoms in total. The summed E-state index contributed by atoms with van der Waals surface area (Å²) in [6, 6.07) is 5.21. The standard InChI is InChI=1S/C79H115N11O24S3.CO2/c1-9-16-69(101)114-45-90(75(106)56(47(5)10-2)39-64(93)61-18-12-14-30-89(61)8)62(46(3)4)34-49(7)74-87-59(43-115-74)73(105)84-54(35-50-24-26-55(91)27-25-50)33-48(6)71(103)82-42-70(102)113-31-32-116-117-44-60(77(109)110)86-72(104)53(38-67(97)98)37-63(92)58(40-68(99)100)85-65(94)36-51-20-22-52(23-21-51)41-83-78(111)80-28-13-11-17-57(76(107)108)88-79(112)81-29-15-19-66(95)96;2-1-3/h20-27,43,46-49,53-54,56-58,60-62,91H,9-19,28-42,44-45H2,1-8H3,(H,82,103)(H,84,105)(H,85,94)(H,86,104)(H,95,96)(H,97,98)(H,99,100)(H,107,108)(H,109,110)(H2,80,83,111)(H2,81,88,112);/t47?,48?,49-,53+,54?,56+,57+,58+,60+,61-,62-;/m1./s1. The highest BCUT2D eigenvalue weighted by Crippen LogP contribution is 2.33. The molecular formula is C80H115N11O26S3. The summed E-state index contributed by atoms with van der Waals surface area (Å²) in [5.74, 6) is -16.5. The second-order valence-electron chi connectivity index (χ2n) is 29.7. The molecule has 1 aliphatic rings. The topological polar surface area (TPSA) is 563 Å². The highest BCUT2D eigenvalue weighted by molar-refractivity contribution is 8.76. The SMILES string of the molecule is CCCC(=O)OCN(C(=O)[C@@H](CC(=O)[C@H]1CCCCN1C)C(C)CC)[C@H](C[C@@H](C)c1nc(C(=O)NC(Cc2ccc(O)cc2)CC(C)C(=O)NCC(=O)OCCSSC[C@H](NC(=O)[C@H](CC(=O)O)CC(=O)[C@H](CC(=O)O)NC(=O)Cc2ccc(CNC(=O)NCCCC[C@H](NC(=O)NCCCC(=O)O)C(=O)O)cc2)C(=O)O)cs1)C(C)C.O=C=O. The number of phenolic OH excluding ortho intramolecular Hbond substituents is 1. The average molecular weight is 1740 g/mol. The minimum atomic E-state index is -1.74. The number of hydrogen-bond donors (Lipinski definition) is 14. The Balaban J connectivity index is 0.0000122. The molecule has 1 fully saturated rings. The van der Waals surface area contributed by atoms with Gasteiger partial charge in [-0.05, 0) is 118 Å². The number of aliphatic carboxylic acids is 5. The number of carbonyl (C=O) groups excluding carboxylic acids is 13. The van der Waals surface area contributed by atoms with Gasteiger partial charge >= 0.3 is 60.0 Å². The highest BCUT2D eigenvalue weighted by Gasteiger charge is 2.40. The van der Waals surface area contributed by atoms with Crippen molar-refractivity contribution in [2.75, 3.05) is 58.1 Å². The molecule has 11 atom stereocenters. The van der Waals surface area contributed by atoms with E-state index in [-0.39, 0.29) is 149 Å². The number of carboxylic acids is 5. The van der Waals surface area contributed by atoms with Crippen molar-refractivity contribution in [1.82, 2.24) is 57.3 Å². The predicted molar refractivity (Wildman–Crippen MR) is 438 cm³/mol. The molecular weight excluding hydrogens is 1630 g/mol. The number of aromatic hydroxyl groups is 1. The number of urea groups is 2. The van der Waals surface area contributed by atoms with Gasteiger partial charge in [0.1, 0.15) is 36.7 Å². The van der Waals surface area contributed by atoms with E-state index < -0.39 is 157 Å². The number of likely N-dealkylation sites (N-methyl/N-ethyl adjacent to an activating group) is 1. The number of piperidine rings is 1. The summed E-state index contributed by atoms with van der Waals surface area (Å²) < 4.78 is 11.0. The molecule has 0 radical (unpaired) electrons. The fourth-order valence-corrected chi connectivity index (χ4v) is 15.7. The van der Waals surface area contributed by atoms with Crippen molar-refractivity contribution < 1.29 is 126 Å². The Labute approximate surface area is 708 Å². The van der Waals surface area contributed by atoms with Gasteiger partial charge in [0.25, 0.3) is 5.91 Å². The van der Waals surface area contributed by atoms with E-state index in [1.54, 1.807) is 41.5 Å². The predicted octanol–water partition coefficient (Wildman–Crippen LogP) is 5.84. The van der Waals surface area contributed by atoms with Gasteiger partial charge in [-0.1, -0.05) is 119 Å². The molecule has 14 N–H and O–H groups in total. The van der Waals surface area contributed by atoms with Crippen LogP contribution < -0.4 is 42.5 Å². The number of likely N-dealkylation sites (tertiary alicyclic amines) is 1. The maximum atomic E-state index is 15.0. The van der Waals surface area contributed by atoms with Gasteiger partial charge in [-0.25, -0.2) is 24.2 Å². The quantitative estimate of drug-likeness (QED) is 0.0137. The van der Waals surface area contributed by atoms with Crippen LogP contribution in [0.25, 0.3) is 0 Å². The van der Waals surface area contributed by atoms with Crippen LogP contribution in [0.5, 0.6) is 5.75 Å². The number of benzene rings is 2. The van der Waals surface area contributed by atoms with Gasteiger partial charge in [-0.3, -0.25) is 62.4 Å². The number of nitrogens with one attached hydrogen (secondary N) is 8. The third-order valence-corrected chi connectivity index (χ3v) is 23.2. The summed E-state index contributed by atoms with van der Waals surface area (Å²) in [5.41, 5.74) is 1.82. The summed E-state index contributed by atoms with van der Waals surface area (Å²) in [4.78, 5) is 230. The van der Waals surface area contributed by atoms with Crippen LogP contribution >= 0.6 is 32.9 Å². The van der Waals surface area contributed by atoms with Gasteiger partial charge in [0, 0.05) is 92.0 Å². The van der Waals surface area contributed by atoms with E-state index in [9.17, 15) is 102 Å². The molecule has 1 aromatic heterocycles. The molecule has 3 unspecified atom stereocenters. The number of carbonyl (C=O) groups is 16. The van der Waals surface area contributed by atoms with Crippen LogP contribution in [0, 0.1) is 29.6 Å². The first kappa shape index (κ1) is 104. The van der Waals surface area contributed by atoms with Crippen molar-refractivity contribution in [1.29, 1.82) is 0 Å². The van der Waals surface area contributed by atoms with Crippen LogP contribution in [0.3, 0.4) is 0 Å². The van der Waals surface area contributed by atoms with Crippen LogP contribution in [-0.2, 0) is 101 Å². The lowest BCUT2D eigenvalue weighted by Crippen LogP contribution is -2.50. The first-order chi connectivity index (χ1) is 56.9. The zero-order valence-electron chi connectivity index (χ0n) is 68.8. The molecule has 664 valence electrons. The molecule has 3 aromatic rings. The van der Waals surface area contributed by atoms with Crippen LogP contribution in [0.4, 0.5) is 9.59 Å². The van der Waals surface area contributed by atoms with Crippen molar-refractivity contribution in [3.63, 3.8) is 0 Å². The molecule has 120 heavy (non-hydrogen) atoms. The van der Waals surface area contributed by atoms with E-state index in [1.165, 1.54) is 35.6 Å². The fourth-order valence-electron chi connectivity index (χ4n) is 12.9. The summed E-state index contributed by atoms with van der Waals surface area (Å²) in [7, 11) is 3.92. The normalized spacial score (nSPS) is 15.0. The van der Waals surface area contributed by atoms with E-state index in [4.69, 9.17) is 29.2 Å². The second kappa shape index (κ2) is 56.0. The van der Waals surface area contributed by atoms with Crippen molar-refractivity contribution >= 4 is 134 Å². The number of aromatic nitrogens is 1. The number of unbranched alkanes of at least 4 members (excludes halogenated alkanes) is 1. The molecule has 0 spiro atoms. The number of esters is 2. The number of thiazole rings is 1. The molecule has 9 amide bonds. The third kappa shape index (κ3) is 40.5. The molecule has 2 aromatic carbocycles. The minimum absolute atomic E-state index is 0.0158. The Hall–Kier alpha value is -10.6. The molecule has 0 saturated carbocycles. The van der Waals surface area contributed by atoms with Gasteiger partial charge in [-0.15, -0.1) is 11.3 Å². The lowest BCUT2D eigenvalue weighted by Gasteiger charge is -2.39. The Morgan fingerprint density at radius 2 is 1.30 bits per heavy atom. The molecule has 0 bridgehead atoms. The van der Waals surface area contributed by atoms with E-state index in [0.29, 0.717) is 48.2 Å². The molecule has 2 heterocycles. The number of carboxylic acid groups (broad SMARTS) is 5. The number of nitrogens with zero attached hydrogens (tertiary/aromatic N) is 3. The number of Topliss-reactive ketones (excluding diaryl/α,β-unsaturated/α-hetero) is 2. The first-order valence-electron chi connectivity index (χ1n) is 39.7. The number of ether oxygens (including phenoxy) is 2. The van der Waals surface area contributed by atoms with Gasteiger partial charge in [0.15, 0.2) is 18.3 Å². The number of amides is 9. The van der Waals surface area contributed by atoms with Crippen molar-refractivity contribution in [3.05, 3.63) is 81.3 Å². The smallest absolute Gasteiger partial charge is 0.373 e. The highest BCUT2D eigenvalue weighted by atomic mass is 33.1. The number of ketones is 2. The number of phenols is 1. The van der Waals surface area contributed by atoms with Crippen molar-refractivity contribution in [2.24, 2.45) is 29.6 Å². The molecule has 40 heteroatoms. The van der Waals surface area contributed by atoms with Gasteiger partial charge in [-0.2, -0.15) is 9.59 Å². The van der Waals surface area contributed by atoms with Gasteiger partial charge < -0.3 is 87.5 Å². The van der Waals surface area contributed by atoms with Crippen LogP contribution in [0.1, 0.15) is 196 Å². The van der Waals surface area contributed by atoms with Gasteiger partial charge in [0.05, 0.1) is 42.3 Å². The van der Waals surface area contributed by atoms with E-state index in [2.05, 4.69) is 47.4 Å². The summed E-state index contributed by atoms with van der Waals surface area (Å²) in [5, 5.41) is 79.9. The molecule has 0 aliphatic carbocycles. The Kier molecular flexibility index (Phi) is 48.4. The molecule has 4 rings (SSSR count). The Bertz CT molecular complexity index is 3920. The summed E-state index contributed by atoms with van der Waals surface area (Å²) in [6.07, 6.45) is 2.50. The first-order valence-corrected chi connectivity index (χ1v) is 43.0. The lowest BCUT2D eigenvalue weighted by atomic mass is 9.82. The van der Waals surface area contributed by atoms with Gasteiger partial charge in [0.2, 0.25) is 23.6 Å². The second-order valence-corrected chi connectivity index (χ2v) is 33.2. The third-order valence-electron chi connectivity index (χ3n) is 19.7. The Morgan fingerprint density at radius 3 is 1.92 bits per heavy atom. The van der Waals surface area contributed by atoms with Crippen molar-refractivity contribution in [3.8, 4) is 5.75 Å². The number of hydrogen-bond acceptors (Lipinski definition) is 26. The monoisotopic (exact) mass is 1740 g/mol. The maximum Gasteiger partial charge on any atom is 0.373 e. The maximum absolute atomic E-state index is 15.0. The molecule has 1 saturated heterocycles. The zero-order chi connectivity index (χ0) is 89.6. The largest absolute Gasteiger partial charge is 0.508 e. The van der Waals surface area contributed by atoms with Crippen LogP contribution in [0.15, 0.2) is 53.9 Å². The minimum Gasteiger partial charge on any atom is -0.508 e. The van der Waals surface area contributed by atoms with E-state index >= 15 is 0 Å². The molecule has 1 aliphatic heterocycles. The lowest BCUT2D eigenvalue weighted by molar-refractivity contribution is -0.192. The van der Waals surface area contributed by atoms with Crippen LogP contribution in [0.2, 0.25) is 0 Å². The number of rotatable bonds is 56. The van der Waals surface area contributed by atoms with Crippen LogP contribution in [-0.4, -0.2) is 241 Å². The van der Waals surface area contributed by atoms with E-state index in [0.717, 1.165) is 53.0 Å². The fraction of sp³-hybridized carbons (Fsp3) is 0.600. The zero-order valence-corrected chi connectivity index (χ0v) is 71.3. The average Bonchev–Trinajstić information content (AvgIpc) is 1.27. The Morgan fingerprint density at radius 1 is 0.658 bits per heavy atom. The van der Waals surface area contributed by atoms with Crippen molar-refractivity contribution in [2.45, 2.75) is 219 Å².